The number of fused-ring (bicyclic) bond motifs is 1. The number of hydrogen-bond donors (Lipinski definition) is 2. The van der Waals surface area contributed by atoms with Gasteiger partial charge in [0.25, 0.3) is 0 Å². The van der Waals surface area contributed by atoms with Gasteiger partial charge in [0.1, 0.15) is 5.82 Å². The lowest BCUT2D eigenvalue weighted by molar-refractivity contribution is -0.144. The number of aryl methyl sites for hydroxylation is 2. The van der Waals surface area contributed by atoms with Gasteiger partial charge in [-0.3, -0.25) is 14.2 Å². The van der Waals surface area contributed by atoms with E-state index in [1.54, 1.807) is 4.57 Å². The Hall–Kier alpha value is -2.12. The van der Waals surface area contributed by atoms with Crippen LogP contribution in [0.1, 0.15) is 50.8 Å². The van der Waals surface area contributed by atoms with E-state index in [4.69, 9.17) is 5.11 Å². The number of nitrogens with zero attached hydrogens (tertiary/aromatic N) is 3. The number of nitrogens with one attached hydrogen (secondary N) is 1. The third-order valence-electron chi connectivity index (χ3n) is 5.32. The van der Waals surface area contributed by atoms with Crippen molar-refractivity contribution in [3.8, 4) is 0 Å². The minimum Gasteiger partial charge on any atom is -0.481 e. The summed E-state index contributed by atoms with van der Waals surface area (Å²) in [6.07, 6.45) is 6.04. The second-order valence-corrected chi connectivity index (χ2v) is 7.06. The van der Waals surface area contributed by atoms with Crippen LogP contribution in [0.4, 0.5) is 0 Å². The number of aliphatic carboxylic acids is 1. The van der Waals surface area contributed by atoms with E-state index in [-0.39, 0.29) is 23.4 Å². The molecule has 1 fully saturated rings. The van der Waals surface area contributed by atoms with Gasteiger partial charge in [0, 0.05) is 32.0 Å². The lowest BCUT2D eigenvalue weighted by Gasteiger charge is -2.25. The molecule has 1 aromatic heterocycles. The molecule has 138 valence electrons. The SMILES string of the molecule is O=C(O)C1CCC(C(=O)NCCCn2nc3n(c2=O)CCCC3)CC1. The van der Waals surface area contributed by atoms with Crippen LogP contribution in [0.25, 0.3) is 0 Å². The third-order valence-corrected chi connectivity index (χ3v) is 5.32. The summed E-state index contributed by atoms with van der Waals surface area (Å²) in [7, 11) is 0. The quantitative estimate of drug-likeness (QED) is 0.738. The largest absolute Gasteiger partial charge is 0.481 e. The molecule has 2 aliphatic rings. The Morgan fingerprint density at radius 1 is 1.16 bits per heavy atom. The van der Waals surface area contributed by atoms with Gasteiger partial charge in [-0.05, 0) is 44.9 Å². The van der Waals surface area contributed by atoms with Crippen LogP contribution in [-0.4, -0.2) is 37.9 Å². The van der Waals surface area contributed by atoms with Crippen molar-refractivity contribution in [2.45, 2.75) is 64.5 Å². The lowest BCUT2D eigenvalue weighted by atomic mass is 9.81. The first kappa shape index (κ1) is 17.7. The molecule has 0 aromatic carbocycles. The summed E-state index contributed by atoms with van der Waals surface area (Å²) in [5.41, 5.74) is -0.0481. The number of carbonyl (C=O) groups excluding carboxylic acids is 1. The lowest BCUT2D eigenvalue weighted by Crippen LogP contribution is -2.35. The molecule has 0 radical (unpaired) electrons. The highest BCUT2D eigenvalue weighted by Gasteiger charge is 2.29. The van der Waals surface area contributed by atoms with Gasteiger partial charge >= 0.3 is 11.7 Å². The molecule has 0 atom stereocenters. The molecule has 1 aliphatic heterocycles. The minimum atomic E-state index is -0.757. The first-order valence-electron chi connectivity index (χ1n) is 9.23. The zero-order valence-electron chi connectivity index (χ0n) is 14.4. The maximum atomic E-state index is 12.2. The van der Waals surface area contributed by atoms with Gasteiger partial charge in [0.2, 0.25) is 5.91 Å². The summed E-state index contributed by atoms with van der Waals surface area (Å²) in [5, 5.41) is 16.3. The molecule has 8 heteroatoms. The van der Waals surface area contributed by atoms with E-state index < -0.39 is 5.97 Å². The number of carboxylic acids is 1. The van der Waals surface area contributed by atoms with E-state index in [2.05, 4.69) is 10.4 Å². The van der Waals surface area contributed by atoms with Crippen LogP contribution in [0.2, 0.25) is 0 Å². The molecule has 1 amide bonds. The van der Waals surface area contributed by atoms with Crippen molar-refractivity contribution in [1.82, 2.24) is 19.7 Å². The van der Waals surface area contributed by atoms with Crippen LogP contribution >= 0.6 is 0 Å². The zero-order valence-corrected chi connectivity index (χ0v) is 14.4. The van der Waals surface area contributed by atoms with Crippen molar-refractivity contribution >= 4 is 11.9 Å². The van der Waals surface area contributed by atoms with E-state index in [1.165, 1.54) is 4.68 Å². The number of carboxylic acid groups (broad SMARTS) is 1. The zero-order chi connectivity index (χ0) is 17.8. The van der Waals surface area contributed by atoms with Crippen LogP contribution in [0.5, 0.6) is 0 Å². The molecule has 2 heterocycles. The number of hydrogen-bond acceptors (Lipinski definition) is 4. The fourth-order valence-corrected chi connectivity index (χ4v) is 3.78. The molecule has 25 heavy (non-hydrogen) atoms. The van der Waals surface area contributed by atoms with Crippen molar-refractivity contribution < 1.29 is 14.7 Å². The Kier molecular flexibility index (Phi) is 5.55. The van der Waals surface area contributed by atoms with Crippen molar-refractivity contribution in [1.29, 1.82) is 0 Å². The molecule has 2 N–H and O–H groups in total. The number of aromatic nitrogens is 3. The molecular formula is C17H26N4O4. The highest BCUT2D eigenvalue weighted by atomic mass is 16.4. The molecule has 3 rings (SSSR count). The number of carbonyl (C=O) groups is 2. The van der Waals surface area contributed by atoms with Crippen LogP contribution in [0.3, 0.4) is 0 Å². The Morgan fingerprint density at radius 3 is 2.56 bits per heavy atom. The van der Waals surface area contributed by atoms with E-state index in [0.29, 0.717) is 45.2 Å². The van der Waals surface area contributed by atoms with E-state index in [0.717, 1.165) is 31.6 Å². The maximum absolute atomic E-state index is 12.2. The molecule has 0 bridgehead atoms. The summed E-state index contributed by atoms with van der Waals surface area (Å²) < 4.78 is 3.26. The first-order chi connectivity index (χ1) is 12.1. The Morgan fingerprint density at radius 2 is 1.88 bits per heavy atom. The molecule has 0 saturated heterocycles. The fraction of sp³-hybridized carbons (Fsp3) is 0.765. The van der Waals surface area contributed by atoms with Crippen LogP contribution in [-0.2, 0) is 29.1 Å². The van der Waals surface area contributed by atoms with E-state index in [9.17, 15) is 14.4 Å². The monoisotopic (exact) mass is 350 g/mol. The topological polar surface area (TPSA) is 106 Å². The predicted octanol–water partition coefficient (Wildman–Crippen LogP) is 0.778. The Balaban J connectivity index is 1.40. The van der Waals surface area contributed by atoms with Crippen molar-refractivity contribution in [3.63, 3.8) is 0 Å². The molecule has 1 aromatic rings. The third kappa shape index (κ3) is 4.11. The average Bonchev–Trinajstić information content (AvgIpc) is 2.95. The smallest absolute Gasteiger partial charge is 0.345 e. The van der Waals surface area contributed by atoms with Gasteiger partial charge in [-0.15, -0.1) is 0 Å². The van der Waals surface area contributed by atoms with E-state index in [1.807, 2.05) is 0 Å². The second kappa shape index (κ2) is 7.84. The van der Waals surface area contributed by atoms with Crippen LogP contribution in [0.15, 0.2) is 4.79 Å². The van der Waals surface area contributed by atoms with Crippen molar-refractivity contribution in [3.05, 3.63) is 16.3 Å². The summed E-state index contributed by atoms with van der Waals surface area (Å²) in [6.45, 7) is 1.76. The molecule has 0 spiro atoms. The molecule has 8 nitrogen and oxygen atoms in total. The maximum Gasteiger partial charge on any atom is 0.345 e. The summed E-state index contributed by atoms with van der Waals surface area (Å²) >= 11 is 0. The van der Waals surface area contributed by atoms with Crippen LogP contribution < -0.4 is 11.0 Å². The van der Waals surface area contributed by atoms with E-state index >= 15 is 0 Å². The average molecular weight is 350 g/mol. The van der Waals surface area contributed by atoms with Crippen LogP contribution in [0, 0.1) is 11.8 Å². The van der Waals surface area contributed by atoms with Gasteiger partial charge in [-0.2, -0.15) is 5.10 Å². The van der Waals surface area contributed by atoms with Gasteiger partial charge < -0.3 is 10.4 Å². The highest BCUT2D eigenvalue weighted by molar-refractivity contribution is 5.79. The van der Waals surface area contributed by atoms with Gasteiger partial charge in [-0.1, -0.05) is 0 Å². The van der Waals surface area contributed by atoms with Crippen molar-refractivity contribution in [2.24, 2.45) is 11.8 Å². The highest BCUT2D eigenvalue weighted by Crippen LogP contribution is 2.28. The summed E-state index contributed by atoms with van der Waals surface area (Å²) in [5.74, 6) is -0.274. The second-order valence-electron chi connectivity index (χ2n) is 7.06. The normalized spacial score (nSPS) is 23.0. The van der Waals surface area contributed by atoms with Gasteiger partial charge in [0.05, 0.1) is 5.92 Å². The predicted molar refractivity (Wildman–Crippen MR) is 90.1 cm³/mol. The Labute approximate surface area is 146 Å². The van der Waals surface area contributed by atoms with Gasteiger partial charge in [0.15, 0.2) is 0 Å². The fourth-order valence-electron chi connectivity index (χ4n) is 3.78. The number of amides is 1. The molecular weight excluding hydrogens is 324 g/mol. The Bertz CT molecular complexity index is 685. The first-order valence-corrected chi connectivity index (χ1v) is 9.23. The summed E-state index contributed by atoms with van der Waals surface area (Å²) in [4.78, 5) is 35.3. The molecule has 0 unspecified atom stereocenters. The minimum absolute atomic E-state index is 0.000297. The standard InChI is InChI=1S/C17H26N4O4/c22-15(12-5-7-13(8-6-12)16(23)24)18-9-3-11-21-17(25)20-10-2-1-4-14(20)19-21/h12-13H,1-11H2,(H,18,22)(H,23,24). The summed E-state index contributed by atoms with van der Waals surface area (Å²) in [6, 6.07) is 0. The van der Waals surface area contributed by atoms with Crippen molar-refractivity contribution in [2.75, 3.05) is 6.54 Å². The number of rotatable bonds is 6. The molecule has 1 aliphatic carbocycles. The molecule has 1 saturated carbocycles. The van der Waals surface area contributed by atoms with Gasteiger partial charge in [-0.25, -0.2) is 9.48 Å².